The van der Waals surface area contributed by atoms with Gasteiger partial charge in [-0.3, -0.25) is 9.59 Å². The average Bonchev–Trinajstić information content (AvgIpc) is 2.71. The van der Waals surface area contributed by atoms with Gasteiger partial charge in [0, 0.05) is 12.6 Å². The van der Waals surface area contributed by atoms with Gasteiger partial charge in [0.25, 0.3) is 5.91 Å². The van der Waals surface area contributed by atoms with Crippen molar-refractivity contribution in [1.82, 2.24) is 4.90 Å². The second kappa shape index (κ2) is 7.82. The lowest BCUT2D eigenvalue weighted by atomic mass is 9.79. The number of hydrogen-bond donors (Lipinski definition) is 2. The maximum Gasteiger partial charge on any atom is 0.313 e. The van der Waals surface area contributed by atoms with Crippen LogP contribution in [0.4, 0.5) is 0 Å². The predicted octanol–water partition coefficient (Wildman–Crippen LogP) is 3.18. The molecule has 2 N–H and O–H groups in total. The van der Waals surface area contributed by atoms with E-state index in [2.05, 4.69) is 15.9 Å². The van der Waals surface area contributed by atoms with E-state index in [9.17, 15) is 19.8 Å². The van der Waals surface area contributed by atoms with Gasteiger partial charge in [-0.15, -0.1) is 0 Å². The maximum absolute atomic E-state index is 13.1. The summed E-state index contributed by atoms with van der Waals surface area (Å²) in [5.41, 5.74) is 1.06. The monoisotopic (exact) mass is 465 g/mol. The Kier molecular flexibility index (Phi) is 5.61. The molecule has 1 aliphatic rings. The molecule has 9 heteroatoms. The fourth-order valence-corrected chi connectivity index (χ4v) is 4.11. The number of fused-ring (bicyclic) bond motifs is 1. The van der Waals surface area contributed by atoms with Crippen molar-refractivity contribution in [1.29, 1.82) is 0 Å². The highest BCUT2D eigenvalue weighted by atomic mass is 79.9. The molecule has 3 rings (SSSR count). The van der Waals surface area contributed by atoms with Crippen LogP contribution in [0, 0.1) is 0 Å². The maximum atomic E-state index is 13.1. The number of nitrogens with zero attached hydrogens (tertiary/aromatic N) is 1. The smallest absolute Gasteiger partial charge is 0.313 e. The topological polar surface area (TPSA) is 106 Å². The first-order valence-corrected chi connectivity index (χ1v) is 9.36. The van der Waals surface area contributed by atoms with E-state index in [1.807, 2.05) is 0 Å². The Labute approximate surface area is 175 Å². The third kappa shape index (κ3) is 3.35. The Morgan fingerprint density at radius 3 is 2.17 bits per heavy atom. The largest absolute Gasteiger partial charge is 0.503 e. The predicted molar refractivity (Wildman–Crippen MR) is 107 cm³/mol. The lowest BCUT2D eigenvalue weighted by molar-refractivity contribution is -0.140. The van der Waals surface area contributed by atoms with Crippen LogP contribution >= 0.6 is 15.9 Å². The summed E-state index contributed by atoms with van der Waals surface area (Å²) in [4.78, 5) is 26.8. The Morgan fingerprint density at radius 1 is 1.03 bits per heavy atom. The molecular weight excluding hydrogens is 446 g/mol. The number of phenols is 1. The number of likely N-dealkylation sites (N-methyl/N-ethyl adjacent to an activating group) is 1. The molecule has 0 unspecified atom stereocenters. The molecule has 0 aromatic heterocycles. The molecule has 0 saturated heterocycles. The van der Waals surface area contributed by atoms with Gasteiger partial charge in [-0.25, -0.2) is 0 Å². The van der Waals surface area contributed by atoms with Crippen molar-refractivity contribution in [2.24, 2.45) is 0 Å². The zero-order chi connectivity index (χ0) is 21.5. The number of carbonyl (C=O) groups is 2. The van der Waals surface area contributed by atoms with Gasteiger partial charge < -0.3 is 29.3 Å². The van der Waals surface area contributed by atoms with Gasteiger partial charge in [-0.1, -0.05) is 0 Å². The van der Waals surface area contributed by atoms with Crippen LogP contribution in [0.2, 0.25) is 0 Å². The van der Waals surface area contributed by atoms with Crippen molar-refractivity contribution in [3.8, 4) is 23.0 Å². The molecule has 0 saturated carbocycles. The number of carboxylic acid groups (broad SMARTS) is 1. The SMILES string of the molecule is COc1cc2c(cc1OC)[C@H](C(=O)O)[C@H](c1cc(Br)c(O)c(OC)c1)N(C)C2=O. The minimum Gasteiger partial charge on any atom is -0.503 e. The van der Waals surface area contributed by atoms with Crippen LogP contribution in [0.1, 0.15) is 33.4 Å². The Morgan fingerprint density at radius 2 is 1.62 bits per heavy atom. The summed E-state index contributed by atoms with van der Waals surface area (Å²) in [5.74, 6) is -1.81. The fourth-order valence-electron chi connectivity index (χ4n) is 3.65. The molecular formula is C20H20BrNO7. The van der Waals surface area contributed by atoms with Crippen molar-refractivity contribution >= 4 is 27.8 Å². The minimum atomic E-state index is -1.11. The van der Waals surface area contributed by atoms with Gasteiger partial charge in [0.15, 0.2) is 23.0 Å². The first kappa shape index (κ1) is 20.8. The van der Waals surface area contributed by atoms with E-state index < -0.39 is 17.9 Å². The van der Waals surface area contributed by atoms with Crippen LogP contribution in [0.3, 0.4) is 0 Å². The molecule has 0 aliphatic carbocycles. The molecule has 0 spiro atoms. The summed E-state index contributed by atoms with van der Waals surface area (Å²) in [5, 5.41) is 20.2. The van der Waals surface area contributed by atoms with E-state index >= 15 is 0 Å². The van der Waals surface area contributed by atoms with Crippen LogP contribution in [0.25, 0.3) is 0 Å². The molecule has 29 heavy (non-hydrogen) atoms. The number of carboxylic acids is 1. The zero-order valence-electron chi connectivity index (χ0n) is 16.2. The summed E-state index contributed by atoms with van der Waals surface area (Å²) in [7, 11) is 5.81. The number of phenolic OH excluding ortho intramolecular Hbond substituents is 1. The van der Waals surface area contributed by atoms with Crippen molar-refractivity contribution in [2.75, 3.05) is 28.4 Å². The van der Waals surface area contributed by atoms with Gasteiger partial charge in [0.1, 0.15) is 5.92 Å². The Hall–Kier alpha value is -2.94. The van der Waals surface area contributed by atoms with Gasteiger partial charge in [0.05, 0.1) is 31.8 Å². The van der Waals surface area contributed by atoms with Gasteiger partial charge in [0.2, 0.25) is 0 Å². The van der Waals surface area contributed by atoms with E-state index in [1.54, 1.807) is 6.07 Å². The van der Waals surface area contributed by atoms with Crippen LogP contribution in [0.5, 0.6) is 23.0 Å². The molecule has 2 atom stereocenters. The number of carbonyl (C=O) groups excluding carboxylic acids is 1. The van der Waals surface area contributed by atoms with Crippen molar-refractivity contribution in [2.45, 2.75) is 12.0 Å². The zero-order valence-corrected chi connectivity index (χ0v) is 17.8. The fraction of sp³-hybridized carbons (Fsp3) is 0.300. The molecule has 1 aliphatic heterocycles. The first-order chi connectivity index (χ1) is 13.7. The molecule has 154 valence electrons. The summed E-state index contributed by atoms with van der Waals surface area (Å²) < 4.78 is 16.1. The molecule has 0 fully saturated rings. The first-order valence-electron chi connectivity index (χ1n) is 8.57. The van der Waals surface area contributed by atoms with E-state index in [1.165, 1.54) is 51.5 Å². The van der Waals surface area contributed by atoms with Crippen LogP contribution in [-0.4, -0.2) is 55.4 Å². The van der Waals surface area contributed by atoms with E-state index in [0.29, 0.717) is 27.1 Å². The number of hydrogen-bond acceptors (Lipinski definition) is 6. The van der Waals surface area contributed by atoms with Crippen LogP contribution < -0.4 is 14.2 Å². The second-order valence-electron chi connectivity index (χ2n) is 6.52. The summed E-state index contributed by atoms with van der Waals surface area (Å²) in [6.07, 6.45) is 0. The van der Waals surface area contributed by atoms with Crippen molar-refractivity contribution in [3.63, 3.8) is 0 Å². The molecule has 8 nitrogen and oxygen atoms in total. The molecule has 2 aromatic carbocycles. The number of benzene rings is 2. The Balaban J connectivity index is 2.27. The van der Waals surface area contributed by atoms with Crippen LogP contribution in [-0.2, 0) is 4.79 Å². The van der Waals surface area contributed by atoms with E-state index in [-0.39, 0.29) is 23.0 Å². The number of halogens is 1. The third-order valence-electron chi connectivity index (χ3n) is 5.05. The van der Waals surface area contributed by atoms with E-state index in [4.69, 9.17) is 14.2 Å². The number of aliphatic carboxylic acids is 1. The molecule has 0 radical (unpaired) electrons. The van der Waals surface area contributed by atoms with Crippen molar-refractivity contribution < 1.29 is 34.0 Å². The average molecular weight is 466 g/mol. The quantitative estimate of drug-likeness (QED) is 0.698. The normalized spacial score (nSPS) is 18.2. The lowest BCUT2D eigenvalue weighted by Crippen LogP contribution is -2.42. The molecule has 1 heterocycles. The summed E-state index contributed by atoms with van der Waals surface area (Å²) in [6, 6.07) is 5.28. The highest BCUT2D eigenvalue weighted by molar-refractivity contribution is 9.10. The number of methoxy groups -OCH3 is 3. The number of rotatable bonds is 5. The van der Waals surface area contributed by atoms with Crippen LogP contribution in [0.15, 0.2) is 28.7 Å². The highest BCUT2D eigenvalue weighted by Crippen LogP contribution is 2.47. The third-order valence-corrected chi connectivity index (χ3v) is 5.66. The summed E-state index contributed by atoms with van der Waals surface area (Å²) in [6.45, 7) is 0. The molecule has 2 aromatic rings. The highest BCUT2D eigenvalue weighted by Gasteiger charge is 2.44. The van der Waals surface area contributed by atoms with Gasteiger partial charge in [-0.05, 0) is 51.3 Å². The minimum absolute atomic E-state index is 0.111. The second-order valence-corrected chi connectivity index (χ2v) is 7.38. The standard InChI is InChI=1S/C20H20BrNO7/c1-22-17(9-5-12(21)18(23)15(6-9)29-4)16(20(25)26)10-7-13(27-2)14(28-3)8-11(10)19(22)24/h5-8,16-17,23H,1-4H3,(H,25,26)/t16-,17-/m0/s1. The Bertz CT molecular complexity index is 991. The molecule has 0 bridgehead atoms. The number of ether oxygens (including phenoxy) is 3. The van der Waals surface area contributed by atoms with Crippen molar-refractivity contribution in [3.05, 3.63) is 45.4 Å². The number of amides is 1. The molecule has 1 amide bonds. The van der Waals surface area contributed by atoms with Gasteiger partial charge in [-0.2, -0.15) is 0 Å². The number of aromatic hydroxyl groups is 1. The lowest BCUT2D eigenvalue weighted by Gasteiger charge is -2.39. The summed E-state index contributed by atoms with van der Waals surface area (Å²) >= 11 is 3.25. The van der Waals surface area contributed by atoms with Gasteiger partial charge >= 0.3 is 5.97 Å². The van der Waals surface area contributed by atoms with E-state index in [0.717, 1.165) is 0 Å².